The lowest BCUT2D eigenvalue weighted by Crippen LogP contribution is -1.95. The molecule has 0 saturated heterocycles. The quantitative estimate of drug-likeness (QED) is 0.787. The van der Waals surface area contributed by atoms with E-state index in [4.69, 9.17) is 9.52 Å². The Hall–Kier alpha value is -2.40. The first-order valence-electron chi connectivity index (χ1n) is 5.57. The summed E-state index contributed by atoms with van der Waals surface area (Å²) in [5, 5.41) is 11.6. The maximum absolute atomic E-state index is 10.9. The summed E-state index contributed by atoms with van der Waals surface area (Å²) in [5.41, 5.74) is 1.81. The van der Waals surface area contributed by atoms with E-state index >= 15 is 0 Å². The summed E-state index contributed by atoms with van der Waals surface area (Å²) in [7, 11) is 0. The molecule has 0 atom stereocenters. The number of benzene rings is 1. The molecule has 0 spiro atoms. The van der Waals surface area contributed by atoms with Crippen molar-refractivity contribution < 1.29 is 14.3 Å². The van der Waals surface area contributed by atoms with E-state index in [1.54, 1.807) is 30.5 Å². The molecule has 0 radical (unpaired) electrons. The van der Waals surface area contributed by atoms with Crippen molar-refractivity contribution in [2.45, 2.75) is 0 Å². The fourth-order valence-corrected chi connectivity index (χ4v) is 2.54. The minimum Gasteiger partial charge on any atom is -0.478 e. The number of aromatic nitrogens is 1. The Bertz CT molecular complexity index is 716. The maximum atomic E-state index is 10.9. The average Bonchev–Trinajstić information content (AvgIpc) is 3.09. The Morgan fingerprint density at radius 1 is 1.26 bits per heavy atom. The molecule has 0 amide bonds. The molecule has 94 valence electrons. The normalized spacial score (nSPS) is 10.5. The number of furan rings is 1. The summed E-state index contributed by atoms with van der Waals surface area (Å²) in [5.74, 6) is -0.235. The predicted molar refractivity (Wildman–Crippen MR) is 72.2 cm³/mol. The van der Waals surface area contributed by atoms with Crippen LogP contribution >= 0.6 is 11.3 Å². The highest BCUT2D eigenvalue weighted by Crippen LogP contribution is 2.29. The zero-order valence-electron chi connectivity index (χ0n) is 9.74. The van der Waals surface area contributed by atoms with Gasteiger partial charge >= 0.3 is 5.97 Å². The summed E-state index contributed by atoms with van der Waals surface area (Å²) in [6.07, 6.45) is 1.60. The van der Waals surface area contributed by atoms with Crippen LogP contribution in [0.3, 0.4) is 0 Å². The fourth-order valence-electron chi connectivity index (χ4n) is 1.73. The van der Waals surface area contributed by atoms with Crippen LogP contribution in [0.1, 0.15) is 10.4 Å². The minimum absolute atomic E-state index is 0.257. The molecule has 0 unspecified atom stereocenters. The molecule has 3 aromatic rings. The Morgan fingerprint density at radius 2 is 2.16 bits per heavy atom. The molecule has 0 fully saturated rings. The minimum atomic E-state index is -0.940. The van der Waals surface area contributed by atoms with Gasteiger partial charge in [-0.2, -0.15) is 0 Å². The topological polar surface area (TPSA) is 63.3 Å². The Labute approximate surface area is 113 Å². The van der Waals surface area contributed by atoms with E-state index in [0.717, 1.165) is 16.3 Å². The van der Waals surface area contributed by atoms with Crippen molar-refractivity contribution in [3.8, 4) is 22.0 Å². The van der Waals surface area contributed by atoms with Gasteiger partial charge in [0, 0.05) is 10.9 Å². The molecule has 0 aliphatic heterocycles. The molecule has 5 heteroatoms. The van der Waals surface area contributed by atoms with E-state index in [1.165, 1.54) is 11.3 Å². The molecular weight excluding hydrogens is 262 g/mol. The number of carboxylic acid groups (broad SMARTS) is 1. The van der Waals surface area contributed by atoms with Crippen molar-refractivity contribution in [1.82, 2.24) is 4.98 Å². The molecular formula is C14H9NO3S. The zero-order chi connectivity index (χ0) is 13.2. The first-order valence-corrected chi connectivity index (χ1v) is 6.45. The van der Waals surface area contributed by atoms with Crippen LogP contribution in [0, 0.1) is 0 Å². The van der Waals surface area contributed by atoms with E-state index in [9.17, 15) is 4.79 Å². The van der Waals surface area contributed by atoms with Gasteiger partial charge in [-0.05, 0) is 24.3 Å². The van der Waals surface area contributed by atoms with Crippen molar-refractivity contribution in [3.05, 3.63) is 53.6 Å². The standard InChI is InChI=1S/C14H9NO3S/c16-14(17)10-4-1-3-9(7-10)13-15-11(8-19-13)12-5-2-6-18-12/h1-8H,(H,16,17). The molecule has 4 nitrogen and oxygen atoms in total. The van der Waals surface area contributed by atoms with Crippen LogP contribution in [-0.2, 0) is 0 Å². The smallest absolute Gasteiger partial charge is 0.335 e. The van der Waals surface area contributed by atoms with Gasteiger partial charge in [0.15, 0.2) is 5.76 Å². The molecule has 19 heavy (non-hydrogen) atoms. The van der Waals surface area contributed by atoms with Crippen LogP contribution in [0.2, 0.25) is 0 Å². The Kier molecular flexibility index (Phi) is 2.89. The fraction of sp³-hybridized carbons (Fsp3) is 0. The number of rotatable bonds is 3. The third-order valence-electron chi connectivity index (χ3n) is 2.63. The van der Waals surface area contributed by atoms with E-state index in [1.807, 2.05) is 17.5 Å². The molecule has 1 N–H and O–H groups in total. The van der Waals surface area contributed by atoms with Crippen LogP contribution in [0.15, 0.2) is 52.5 Å². The third-order valence-corrected chi connectivity index (χ3v) is 3.53. The second-order valence-electron chi connectivity index (χ2n) is 3.90. The average molecular weight is 271 g/mol. The molecule has 0 bridgehead atoms. The van der Waals surface area contributed by atoms with Crippen LogP contribution in [0.5, 0.6) is 0 Å². The van der Waals surface area contributed by atoms with Crippen LogP contribution in [0.4, 0.5) is 0 Å². The van der Waals surface area contributed by atoms with Crippen LogP contribution in [0.25, 0.3) is 22.0 Å². The van der Waals surface area contributed by atoms with E-state index < -0.39 is 5.97 Å². The number of carboxylic acids is 1. The van der Waals surface area contributed by atoms with Gasteiger partial charge in [0.05, 0.1) is 11.8 Å². The molecule has 2 aromatic heterocycles. The lowest BCUT2D eigenvalue weighted by molar-refractivity contribution is 0.0697. The van der Waals surface area contributed by atoms with Gasteiger partial charge in [0.2, 0.25) is 0 Å². The summed E-state index contributed by atoms with van der Waals surface area (Å²) in [6, 6.07) is 10.4. The number of hydrogen-bond donors (Lipinski definition) is 1. The molecule has 0 aliphatic carbocycles. The number of hydrogen-bond acceptors (Lipinski definition) is 4. The van der Waals surface area contributed by atoms with Gasteiger partial charge in [-0.1, -0.05) is 12.1 Å². The van der Waals surface area contributed by atoms with Crippen LogP contribution in [-0.4, -0.2) is 16.1 Å². The van der Waals surface area contributed by atoms with E-state index in [2.05, 4.69) is 4.98 Å². The first-order chi connectivity index (χ1) is 9.24. The number of nitrogens with zero attached hydrogens (tertiary/aromatic N) is 1. The van der Waals surface area contributed by atoms with Crippen LogP contribution < -0.4 is 0 Å². The van der Waals surface area contributed by atoms with Crippen molar-refractivity contribution in [2.24, 2.45) is 0 Å². The van der Waals surface area contributed by atoms with Gasteiger partial charge in [-0.25, -0.2) is 9.78 Å². The zero-order valence-corrected chi connectivity index (χ0v) is 10.6. The predicted octanol–water partition coefficient (Wildman–Crippen LogP) is 3.77. The van der Waals surface area contributed by atoms with E-state index in [0.29, 0.717) is 5.76 Å². The molecule has 0 aliphatic rings. The van der Waals surface area contributed by atoms with Crippen molar-refractivity contribution in [1.29, 1.82) is 0 Å². The van der Waals surface area contributed by atoms with Gasteiger partial charge in [0.1, 0.15) is 10.7 Å². The summed E-state index contributed by atoms with van der Waals surface area (Å²) >= 11 is 1.46. The molecule has 3 rings (SSSR count). The highest BCUT2D eigenvalue weighted by molar-refractivity contribution is 7.13. The molecule has 1 aromatic carbocycles. The van der Waals surface area contributed by atoms with Gasteiger partial charge in [0.25, 0.3) is 0 Å². The second kappa shape index (κ2) is 4.70. The first kappa shape index (κ1) is 11.7. The summed E-state index contributed by atoms with van der Waals surface area (Å²) in [4.78, 5) is 15.4. The van der Waals surface area contributed by atoms with Crippen molar-refractivity contribution >= 4 is 17.3 Å². The third kappa shape index (κ3) is 2.28. The van der Waals surface area contributed by atoms with Gasteiger partial charge < -0.3 is 9.52 Å². The number of thiazole rings is 1. The van der Waals surface area contributed by atoms with Gasteiger partial charge in [-0.3, -0.25) is 0 Å². The number of carbonyl (C=O) groups is 1. The lowest BCUT2D eigenvalue weighted by Gasteiger charge is -1.98. The lowest BCUT2D eigenvalue weighted by atomic mass is 10.1. The second-order valence-corrected chi connectivity index (χ2v) is 4.76. The Balaban J connectivity index is 1.99. The summed E-state index contributed by atoms with van der Waals surface area (Å²) < 4.78 is 5.28. The largest absolute Gasteiger partial charge is 0.478 e. The SMILES string of the molecule is O=C(O)c1cccc(-c2nc(-c3ccco3)cs2)c1. The Morgan fingerprint density at radius 3 is 2.89 bits per heavy atom. The molecule has 2 heterocycles. The maximum Gasteiger partial charge on any atom is 0.335 e. The van der Waals surface area contributed by atoms with E-state index in [-0.39, 0.29) is 5.56 Å². The number of aromatic carboxylic acids is 1. The van der Waals surface area contributed by atoms with Crippen molar-refractivity contribution in [2.75, 3.05) is 0 Å². The summed E-state index contributed by atoms with van der Waals surface area (Å²) in [6.45, 7) is 0. The van der Waals surface area contributed by atoms with Crippen molar-refractivity contribution in [3.63, 3.8) is 0 Å². The highest BCUT2D eigenvalue weighted by Gasteiger charge is 2.10. The highest BCUT2D eigenvalue weighted by atomic mass is 32.1. The molecule has 0 saturated carbocycles. The monoisotopic (exact) mass is 271 g/mol. The van der Waals surface area contributed by atoms with Gasteiger partial charge in [-0.15, -0.1) is 11.3 Å².